The summed E-state index contributed by atoms with van der Waals surface area (Å²) in [4.78, 5) is 20.1. The summed E-state index contributed by atoms with van der Waals surface area (Å²) in [5.41, 5.74) is 3.64. The van der Waals surface area contributed by atoms with E-state index >= 15 is 0 Å². The molecule has 6 nitrogen and oxygen atoms in total. The van der Waals surface area contributed by atoms with Gasteiger partial charge in [0, 0.05) is 35.4 Å². The number of carbonyl (C=O) groups is 1. The van der Waals surface area contributed by atoms with Crippen LogP contribution in [-0.2, 0) is 6.42 Å². The van der Waals surface area contributed by atoms with E-state index in [2.05, 4.69) is 26.7 Å². The van der Waals surface area contributed by atoms with Crippen LogP contribution in [0.1, 0.15) is 15.9 Å². The van der Waals surface area contributed by atoms with Crippen LogP contribution in [0.3, 0.4) is 0 Å². The summed E-state index contributed by atoms with van der Waals surface area (Å²) in [6, 6.07) is 19.2. The lowest BCUT2D eigenvalue weighted by Gasteiger charge is -2.11. The summed E-state index contributed by atoms with van der Waals surface area (Å²) >= 11 is 0. The zero-order chi connectivity index (χ0) is 20.1. The number of fused-ring (bicyclic) bond motifs is 1. The Morgan fingerprint density at radius 1 is 1.10 bits per heavy atom. The zero-order valence-corrected chi connectivity index (χ0v) is 16.1. The molecule has 2 aromatic carbocycles. The first-order chi connectivity index (χ1) is 14.2. The molecular weight excluding hydrogens is 364 g/mol. The fraction of sp³-hybridized carbons (Fsp3) is 0.130. The van der Waals surface area contributed by atoms with Gasteiger partial charge in [-0.25, -0.2) is 4.98 Å². The third-order valence-corrected chi connectivity index (χ3v) is 4.75. The first-order valence-electron chi connectivity index (χ1n) is 9.44. The van der Waals surface area contributed by atoms with Gasteiger partial charge in [0.25, 0.3) is 5.91 Å². The van der Waals surface area contributed by atoms with Gasteiger partial charge in [-0.1, -0.05) is 30.3 Å². The molecule has 0 aliphatic carbocycles. The number of amides is 1. The van der Waals surface area contributed by atoms with Crippen LogP contribution in [0.15, 0.2) is 73.1 Å². The van der Waals surface area contributed by atoms with E-state index in [4.69, 9.17) is 4.74 Å². The molecule has 6 heteroatoms. The van der Waals surface area contributed by atoms with E-state index in [0.717, 1.165) is 17.6 Å². The number of nitrogens with zero attached hydrogens (tertiary/aromatic N) is 1. The zero-order valence-electron chi connectivity index (χ0n) is 16.1. The number of benzene rings is 2. The fourth-order valence-corrected chi connectivity index (χ4v) is 3.28. The number of nitrogens with one attached hydrogen (secondary N) is 3. The summed E-state index contributed by atoms with van der Waals surface area (Å²) < 4.78 is 5.34. The van der Waals surface area contributed by atoms with Crippen LogP contribution in [0.25, 0.3) is 10.9 Å². The summed E-state index contributed by atoms with van der Waals surface area (Å²) in [5, 5.41) is 7.37. The third kappa shape index (κ3) is 4.21. The summed E-state index contributed by atoms with van der Waals surface area (Å²) in [6.07, 6.45) is 4.37. The number of rotatable bonds is 7. The minimum Gasteiger partial charge on any atom is -0.495 e. The molecule has 2 heterocycles. The van der Waals surface area contributed by atoms with Crippen molar-refractivity contribution in [2.45, 2.75) is 6.42 Å². The van der Waals surface area contributed by atoms with Crippen molar-refractivity contribution in [1.82, 2.24) is 15.3 Å². The lowest BCUT2D eigenvalue weighted by molar-refractivity contribution is 0.0954. The molecule has 0 saturated heterocycles. The van der Waals surface area contributed by atoms with Crippen LogP contribution >= 0.6 is 0 Å². The topological polar surface area (TPSA) is 79.0 Å². The molecule has 0 spiro atoms. The van der Waals surface area contributed by atoms with Gasteiger partial charge in [0.1, 0.15) is 11.6 Å². The van der Waals surface area contributed by atoms with Crippen LogP contribution in [0, 0.1) is 0 Å². The van der Waals surface area contributed by atoms with Crippen molar-refractivity contribution in [3.63, 3.8) is 0 Å². The second-order valence-corrected chi connectivity index (χ2v) is 6.62. The molecule has 3 N–H and O–H groups in total. The van der Waals surface area contributed by atoms with Crippen molar-refractivity contribution < 1.29 is 9.53 Å². The normalized spacial score (nSPS) is 10.7. The summed E-state index contributed by atoms with van der Waals surface area (Å²) in [7, 11) is 1.62. The number of aromatic amines is 1. The van der Waals surface area contributed by atoms with Crippen molar-refractivity contribution in [1.29, 1.82) is 0 Å². The number of hydrogen-bond acceptors (Lipinski definition) is 4. The van der Waals surface area contributed by atoms with Gasteiger partial charge in [-0.3, -0.25) is 4.79 Å². The van der Waals surface area contributed by atoms with E-state index in [1.54, 1.807) is 25.4 Å². The number of anilines is 2. The SMILES string of the molecule is COc1ccccc1Nc1cc(C(=O)NCCc2c[nH]c3ccccc23)ccn1. The molecule has 146 valence electrons. The summed E-state index contributed by atoms with van der Waals surface area (Å²) in [5.74, 6) is 1.16. The van der Waals surface area contributed by atoms with Crippen LogP contribution < -0.4 is 15.4 Å². The highest BCUT2D eigenvalue weighted by Crippen LogP contribution is 2.26. The van der Waals surface area contributed by atoms with E-state index in [0.29, 0.717) is 23.7 Å². The van der Waals surface area contributed by atoms with E-state index < -0.39 is 0 Å². The second-order valence-electron chi connectivity index (χ2n) is 6.62. The Labute approximate surface area is 168 Å². The minimum absolute atomic E-state index is 0.129. The maximum absolute atomic E-state index is 12.6. The van der Waals surface area contributed by atoms with Gasteiger partial charge in [0.2, 0.25) is 0 Å². The Bertz CT molecular complexity index is 1140. The number of aromatic nitrogens is 2. The van der Waals surface area contributed by atoms with E-state index in [1.165, 1.54) is 10.9 Å². The van der Waals surface area contributed by atoms with Gasteiger partial charge in [0.05, 0.1) is 12.8 Å². The highest BCUT2D eigenvalue weighted by atomic mass is 16.5. The number of ether oxygens (including phenoxy) is 1. The quantitative estimate of drug-likeness (QED) is 0.443. The van der Waals surface area contributed by atoms with Gasteiger partial charge < -0.3 is 20.4 Å². The average molecular weight is 386 g/mol. The minimum atomic E-state index is -0.129. The van der Waals surface area contributed by atoms with Crippen LogP contribution in [0.5, 0.6) is 5.75 Å². The molecule has 2 aromatic heterocycles. The Hall–Kier alpha value is -3.80. The van der Waals surface area contributed by atoms with Gasteiger partial charge in [-0.15, -0.1) is 0 Å². The predicted molar refractivity (Wildman–Crippen MR) is 115 cm³/mol. The van der Waals surface area contributed by atoms with Gasteiger partial charge >= 0.3 is 0 Å². The fourth-order valence-electron chi connectivity index (χ4n) is 3.28. The first kappa shape index (κ1) is 18.6. The van der Waals surface area contributed by atoms with Crippen molar-refractivity contribution in [2.75, 3.05) is 19.0 Å². The molecule has 1 amide bonds. The number of pyridine rings is 1. The van der Waals surface area contributed by atoms with Gasteiger partial charge in [0.15, 0.2) is 0 Å². The first-order valence-corrected chi connectivity index (χ1v) is 9.44. The second kappa shape index (κ2) is 8.48. The number of carbonyl (C=O) groups excluding carboxylic acids is 1. The molecule has 0 fully saturated rings. The van der Waals surface area contributed by atoms with Crippen molar-refractivity contribution in [2.24, 2.45) is 0 Å². The standard InChI is InChI=1S/C23H22N4O2/c1-29-21-9-5-4-8-20(21)27-22-14-16(10-12-24-22)23(28)25-13-11-17-15-26-19-7-3-2-6-18(17)19/h2-10,12,14-15,26H,11,13H2,1H3,(H,24,27)(H,25,28). The maximum Gasteiger partial charge on any atom is 0.251 e. The van der Waals surface area contributed by atoms with Gasteiger partial charge in [-0.2, -0.15) is 0 Å². The summed E-state index contributed by atoms with van der Waals surface area (Å²) in [6.45, 7) is 0.554. The molecular formula is C23H22N4O2. The molecule has 4 aromatic rings. The highest BCUT2D eigenvalue weighted by molar-refractivity contribution is 5.95. The number of hydrogen-bond donors (Lipinski definition) is 3. The third-order valence-electron chi connectivity index (χ3n) is 4.75. The molecule has 0 saturated carbocycles. The van der Waals surface area contributed by atoms with Crippen LogP contribution in [0.2, 0.25) is 0 Å². The number of methoxy groups -OCH3 is 1. The van der Waals surface area contributed by atoms with E-state index in [-0.39, 0.29) is 5.91 Å². The number of H-pyrrole nitrogens is 1. The highest BCUT2D eigenvalue weighted by Gasteiger charge is 2.09. The van der Waals surface area contributed by atoms with Crippen molar-refractivity contribution in [3.8, 4) is 5.75 Å². The molecule has 29 heavy (non-hydrogen) atoms. The molecule has 0 atom stereocenters. The lowest BCUT2D eigenvalue weighted by Crippen LogP contribution is -2.25. The lowest BCUT2D eigenvalue weighted by atomic mass is 10.1. The largest absolute Gasteiger partial charge is 0.495 e. The van der Waals surface area contributed by atoms with Crippen LogP contribution in [0.4, 0.5) is 11.5 Å². The van der Waals surface area contributed by atoms with E-state index in [9.17, 15) is 4.79 Å². The average Bonchev–Trinajstić information content (AvgIpc) is 3.17. The Kier molecular flexibility index (Phi) is 5.42. The van der Waals surface area contributed by atoms with Gasteiger partial charge in [-0.05, 0) is 42.3 Å². The molecule has 0 radical (unpaired) electrons. The van der Waals surface area contributed by atoms with Crippen molar-refractivity contribution in [3.05, 3.63) is 84.2 Å². The molecule has 0 unspecified atom stereocenters. The molecule has 0 aliphatic heterocycles. The number of para-hydroxylation sites is 3. The van der Waals surface area contributed by atoms with E-state index in [1.807, 2.05) is 48.7 Å². The Morgan fingerprint density at radius 2 is 1.93 bits per heavy atom. The predicted octanol–water partition coefficient (Wildman–Crippen LogP) is 4.29. The molecule has 4 rings (SSSR count). The maximum atomic E-state index is 12.6. The smallest absolute Gasteiger partial charge is 0.251 e. The Morgan fingerprint density at radius 3 is 2.83 bits per heavy atom. The Balaban J connectivity index is 1.39. The monoisotopic (exact) mass is 386 g/mol. The van der Waals surface area contributed by atoms with Crippen LogP contribution in [-0.4, -0.2) is 29.5 Å². The van der Waals surface area contributed by atoms with Crippen molar-refractivity contribution >= 4 is 28.3 Å². The molecule has 0 bridgehead atoms. The molecule has 0 aliphatic rings.